The summed E-state index contributed by atoms with van der Waals surface area (Å²) in [6.45, 7) is 6.71. The van der Waals surface area contributed by atoms with Crippen LogP contribution in [0.1, 0.15) is 30.7 Å². The molecule has 0 amide bonds. The highest BCUT2D eigenvalue weighted by atomic mass is 16.5. The maximum absolute atomic E-state index is 5.60. The van der Waals surface area contributed by atoms with Crippen LogP contribution < -0.4 is 5.32 Å². The molecular weight excluding hydrogens is 240 g/mol. The van der Waals surface area contributed by atoms with E-state index in [4.69, 9.17) is 4.74 Å². The normalized spacial score (nSPS) is 23.3. The van der Waals surface area contributed by atoms with E-state index in [9.17, 15) is 0 Å². The van der Waals surface area contributed by atoms with Crippen molar-refractivity contribution in [1.82, 2.24) is 20.3 Å². The number of imidazole rings is 1. The highest BCUT2D eigenvalue weighted by Gasteiger charge is 2.31. The SMILES string of the molecule is CCCNC1COCC1c1nc2ncc(C)cc2[nH]1. The highest BCUT2D eigenvalue weighted by molar-refractivity contribution is 5.71. The topological polar surface area (TPSA) is 62.8 Å². The van der Waals surface area contributed by atoms with E-state index in [2.05, 4.69) is 33.3 Å². The largest absolute Gasteiger partial charge is 0.379 e. The summed E-state index contributed by atoms with van der Waals surface area (Å²) < 4.78 is 5.60. The second kappa shape index (κ2) is 5.27. The number of nitrogens with zero attached hydrogens (tertiary/aromatic N) is 2. The Bertz CT molecular complexity index is 566. The lowest BCUT2D eigenvalue weighted by atomic mass is 10.0. The lowest BCUT2D eigenvalue weighted by Crippen LogP contribution is -2.35. The van der Waals surface area contributed by atoms with E-state index in [1.807, 2.05) is 13.1 Å². The summed E-state index contributed by atoms with van der Waals surface area (Å²) in [5.41, 5.74) is 2.95. The van der Waals surface area contributed by atoms with Crippen molar-refractivity contribution < 1.29 is 4.74 Å². The van der Waals surface area contributed by atoms with Gasteiger partial charge in [0.1, 0.15) is 5.82 Å². The standard InChI is InChI=1S/C14H20N4O/c1-3-4-15-12-8-19-7-10(12)13-17-11-5-9(2)6-16-14(11)18-13/h5-6,10,12,15H,3-4,7-8H2,1-2H3,(H,16,17,18). The van der Waals surface area contributed by atoms with Crippen molar-refractivity contribution in [3.8, 4) is 0 Å². The van der Waals surface area contributed by atoms with Gasteiger partial charge >= 0.3 is 0 Å². The van der Waals surface area contributed by atoms with Crippen molar-refractivity contribution in [3.05, 3.63) is 23.7 Å². The van der Waals surface area contributed by atoms with Crippen LogP contribution in [0.15, 0.2) is 12.3 Å². The summed E-state index contributed by atoms with van der Waals surface area (Å²) in [6, 6.07) is 2.44. The van der Waals surface area contributed by atoms with Gasteiger partial charge in [-0.1, -0.05) is 6.92 Å². The van der Waals surface area contributed by atoms with Gasteiger partial charge in [-0.05, 0) is 31.5 Å². The molecule has 2 aromatic heterocycles. The van der Waals surface area contributed by atoms with Crippen LogP contribution in [-0.2, 0) is 4.74 Å². The summed E-state index contributed by atoms with van der Waals surface area (Å²) in [6.07, 6.45) is 2.98. The van der Waals surface area contributed by atoms with E-state index >= 15 is 0 Å². The van der Waals surface area contributed by atoms with Gasteiger partial charge in [0.2, 0.25) is 0 Å². The molecule has 2 atom stereocenters. The number of hydrogen-bond acceptors (Lipinski definition) is 4. The van der Waals surface area contributed by atoms with Crippen molar-refractivity contribution in [2.45, 2.75) is 32.2 Å². The van der Waals surface area contributed by atoms with E-state index in [-0.39, 0.29) is 0 Å². The molecule has 1 fully saturated rings. The van der Waals surface area contributed by atoms with Crippen molar-refractivity contribution >= 4 is 11.2 Å². The van der Waals surface area contributed by atoms with Crippen LogP contribution in [0, 0.1) is 6.92 Å². The number of aromatic amines is 1. The zero-order valence-corrected chi connectivity index (χ0v) is 11.4. The zero-order chi connectivity index (χ0) is 13.2. The van der Waals surface area contributed by atoms with Gasteiger partial charge in [0.25, 0.3) is 0 Å². The number of ether oxygens (including phenoxy) is 1. The van der Waals surface area contributed by atoms with Crippen LogP contribution in [0.5, 0.6) is 0 Å². The molecule has 5 heteroatoms. The van der Waals surface area contributed by atoms with Gasteiger partial charge in [0.05, 0.1) is 24.6 Å². The maximum Gasteiger partial charge on any atom is 0.177 e. The first kappa shape index (κ1) is 12.6. The lowest BCUT2D eigenvalue weighted by Gasteiger charge is -2.16. The zero-order valence-electron chi connectivity index (χ0n) is 11.4. The third-order valence-electron chi connectivity index (χ3n) is 3.58. The Morgan fingerprint density at radius 3 is 3.21 bits per heavy atom. The van der Waals surface area contributed by atoms with Gasteiger partial charge in [0, 0.05) is 12.2 Å². The summed E-state index contributed by atoms with van der Waals surface area (Å²) in [7, 11) is 0. The average molecular weight is 260 g/mol. The smallest absolute Gasteiger partial charge is 0.177 e. The Kier molecular flexibility index (Phi) is 3.48. The van der Waals surface area contributed by atoms with Gasteiger partial charge in [-0.3, -0.25) is 0 Å². The number of pyridine rings is 1. The molecule has 1 aliphatic heterocycles. The van der Waals surface area contributed by atoms with E-state index in [0.717, 1.165) is 48.7 Å². The molecule has 19 heavy (non-hydrogen) atoms. The Morgan fingerprint density at radius 1 is 1.47 bits per heavy atom. The predicted octanol–water partition coefficient (Wildman–Crippen LogP) is 1.75. The minimum Gasteiger partial charge on any atom is -0.379 e. The molecule has 3 heterocycles. The minimum atomic E-state index is 0.293. The first-order chi connectivity index (χ1) is 9.28. The number of aryl methyl sites for hydroxylation is 1. The van der Waals surface area contributed by atoms with Gasteiger partial charge in [0.15, 0.2) is 5.65 Å². The molecule has 0 bridgehead atoms. The quantitative estimate of drug-likeness (QED) is 0.879. The molecule has 2 unspecified atom stereocenters. The number of nitrogens with one attached hydrogen (secondary N) is 2. The molecule has 1 aliphatic rings. The van der Waals surface area contributed by atoms with E-state index in [1.165, 1.54) is 0 Å². The van der Waals surface area contributed by atoms with E-state index in [0.29, 0.717) is 12.0 Å². The molecule has 0 spiro atoms. The molecule has 0 saturated carbocycles. The number of fused-ring (bicyclic) bond motifs is 1. The van der Waals surface area contributed by atoms with Crippen LogP contribution in [-0.4, -0.2) is 40.8 Å². The molecule has 3 rings (SSSR count). The molecule has 0 aliphatic carbocycles. The molecule has 2 N–H and O–H groups in total. The molecular formula is C14H20N4O. The fourth-order valence-corrected chi connectivity index (χ4v) is 2.55. The predicted molar refractivity (Wildman–Crippen MR) is 74.3 cm³/mol. The van der Waals surface area contributed by atoms with Gasteiger partial charge in [-0.25, -0.2) is 9.97 Å². The summed E-state index contributed by atoms with van der Waals surface area (Å²) in [4.78, 5) is 12.4. The summed E-state index contributed by atoms with van der Waals surface area (Å²) in [5.74, 6) is 1.28. The van der Waals surface area contributed by atoms with Gasteiger partial charge in [-0.15, -0.1) is 0 Å². The summed E-state index contributed by atoms with van der Waals surface area (Å²) >= 11 is 0. The fourth-order valence-electron chi connectivity index (χ4n) is 2.55. The number of aromatic nitrogens is 3. The molecule has 5 nitrogen and oxygen atoms in total. The molecule has 0 aromatic carbocycles. The molecule has 2 aromatic rings. The molecule has 0 radical (unpaired) electrons. The minimum absolute atomic E-state index is 0.293. The summed E-state index contributed by atoms with van der Waals surface area (Å²) in [5, 5.41) is 3.53. The van der Waals surface area contributed by atoms with Crippen molar-refractivity contribution in [3.63, 3.8) is 0 Å². The van der Waals surface area contributed by atoms with Crippen LogP contribution in [0.2, 0.25) is 0 Å². The first-order valence-electron chi connectivity index (χ1n) is 6.91. The number of hydrogen-bond donors (Lipinski definition) is 2. The average Bonchev–Trinajstić information content (AvgIpc) is 3.01. The van der Waals surface area contributed by atoms with Crippen molar-refractivity contribution in [2.75, 3.05) is 19.8 Å². The second-order valence-electron chi connectivity index (χ2n) is 5.21. The van der Waals surface area contributed by atoms with Gasteiger partial charge < -0.3 is 15.0 Å². The fraction of sp³-hybridized carbons (Fsp3) is 0.571. The van der Waals surface area contributed by atoms with Gasteiger partial charge in [-0.2, -0.15) is 0 Å². The second-order valence-corrected chi connectivity index (χ2v) is 5.21. The third kappa shape index (κ3) is 2.48. The van der Waals surface area contributed by atoms with Crippen LogP contribution in [0.4, 0.5) is 0 Å². The molecule has 1 saturated heterocycles. The Hall–Kier alpha value is -1.46. The van der Waals surface area contributed by atoms with Crippen LogP contribution >= 0.6 is 0 Å². The van der Waals surface area contributed by atoms with Crippen LogP contribution in [0.25, 0.3) is 11.2 Å². The Morgan fingerprint density at radius 2 is 2.37 bits per heavy atom. The Balaban J connectivity index is 1.86. The van der Waals surface area contributed by atoms with Crippen molar-refractivity contribution in [2.24, 2.45) is 0 Å². The lowest BCUT2D eigenvalue weighted by molar-refractivity contribution is 0.187. The number of rotatable bonds is 4. The van der Waals surface area contributed by atoms with E-state index in [1.54, 1.807) is 0 Å². The highest BCUT2D eigenvalue weighted by Crippen LogP contribution is 2.25. The molecule has 102 valence electrons. The van der Waals surface area contributed by atoms with Crippen LogP contribution in [0.3, 0.4) is 0 Å². The number of H-pyrrole nitrogens is 1. The van der Waals surface area contributed by atoms with E-state index < -0.39 is 0 Å². The van der Waals surface area contributed by atoms with Crippen molar-refractivity contribution in [1.29, 1.82) is 0 Å². The monoisotopic (exact) mass is 260 g/mol. The Labute approximate surface area is 112 Å². The maximum atomic E-state index is 5.60. The first-order valence-corrected chi connectivity index (χ1v) is 6.91. The third-order valence-corrected chi connectivity index (χ3v) is 3.58.